The number of benzene rings is 1. The first-order valence-corrected chi connectivity index (χ1v) is 7.11. The first kappa shape index (κ1) is 15.0. The van der Waals surface area contributed by atoms with Crippen LogP contribution in [0.2, 0.25) is 0 Å². The van der Waals surface area contributed by atoms with Gasteiger partial charge in [0.05, 0.1) is 13.2 Å². The third-order valence-corrected chi connectivity index (χ3v) is 3.32. The van der Waals surface area contributed by atoms with Crippen molar-refractivity contribution in [2.24, 2.45) is 0 Å². The minimum atomic E-state index is -0.179. The number of hydrogen-bond acceptors (Lipinski definition) is 5. The lowest BCUT2D eigenvalue weighted by atomic mass is 10.0. The molecule has 0 bridgehead atoms. The van der Waals surface area contributed by atoms with Crippen LogP contribution in [0.3, 0.4) is 0 Å². The highest BCUT2D eigenvalue weighted by atomic mass is 16.6. The second-order valence-electron chi connectivity index (χ2n) is 4.88. The molecule has 1 aliphatic heterocycles. The molecule has 1 unspecified atom stereocenters. The number of nitrogens with one attached hydrogen (secondary N) is 2. The van der Waals surface area contributed by atoms with Gasteiger partial charge >= 0.3 is 5.97 Å². The largest absolute Gasteiger partial charge is 0.465 e. The Morgan fingerprint density at radius 1 is 1.35 bits per heavy atom. The van der Waals surface area contributed by atoms with Crippen LogP contribution in [0.15, 0.2) is 30.3 Å². The van der Waals surface area contributed by atoms with Crippen LogP contribution in [-0.4, -0.2) is 31.2 Å². The van der Waals surface area contributed by atoms with Crippen LogP contribution >= 0.6 is 0 Å². The lowest BCUT2D eigenvalue weighted by molar-refractivity contribution is -0.146. The molecule has 1 heterocycles. The van der Waals surface area contributed by atoms with E-state index < -0.39 is 0 Å². The average Bonchev–Trinajstić information content (AvgIpc) is 2.49. The number of ether oxygens (including phenoxy) is 1. The molecule has 2 N–H and O–H groups in total. The van der Waals surface area contributed by atoms with Gasteiger partial charge in [0.1, 0.15) is 6.04 Å². The molecule has 5 nitrogen and oxygen atoms in total. The summed E-state index contributed by atoms with van der Waals surface area (Å²) in [7, 11) is 0. The fraction of sp³-hybridized carbons (Fsp3) is 0.533. The van der Waals surface area contributed by atoms with Gasteiger partial charge in [-0.15, -0.1) is 0 Å². The molecule has 1 aliphatic rings. The van der Waals surface area contributed by atoms with Gasteiger partial charge in [-0.3, -0.25) is 9.63 Å². The van der Waals surface area contributed by atoms with E-state index in [0.29, 0.717) is 19.8 Å². The molecule has 1 fully saturated rings. The fourth-order valence-electron chi connectivity index (χ4n) is 2.22. The minimum Gasteiger partial charge on any atom is -0.465 e. The van der Waals surface area contributed by atoms with Gasteiger partial charge in [0, 0.05) is 12.6 Å². The molecule has 0 aliphatic carbocycles. The Morgan fingerprint density at radius 3 is 2.80 bits per heavy atom. The van der Waals surface area contributed by atoms with Crippen LogP contribution in [0.5, 0.6) is 0 Å². The van der Waals surface area contributed by atoms with Crippen LogP contribution in [0.4, 0.5) is 0 Å². The lowest BCUT2D eigenvalue weighted by Gasteiger charge is -2.28. The summed E-state index contributed by atoms with van der Waals surface area (Å²) in [5, 5.41) is 3.19. The zero-order chi connectivity index (χ0) is 14.2. The number of carbonyl (C=O) groups is 1. The molecule has 1 aromatic rings. The number of hydroxylamine groups is 1. The van der Waals surface area contributed by atoms with Gasteiger partial charge in [-0.25, -0.2) is 0 Å². The first-order chi connectivity index (χ1) is 9.79. The standard InChI is InChI=1S/C15H22N2O3/c1-2-19-15(18)14-9-8-13(10-16-14)17-20-11-12-6-4-3-5-7-12/h3-7,13-14,16-17H,2,8-11H2,1H3/t13?,14-/m0/s1. The van der Waals surface area contributed by atoms with Crippen molar-refractivity contribution >= 4 is 5.97 Å². The normalized spacial score (nSPS) is 22.4. The second-order valence-corrected chi connectivity index (χ2v) is 4.88. The number of hydrogen-bond donors (Lipinski definition) is 2. The maximum atomic E-state index is 11.6. The monoisotopic (exact) mass is 278 g/mol. The first-order valence-electron chi connectivity index (χ1n) is 7.11. The van der Waals surface area contributed by atoms with E-state index in [1.807, 2.05) is 37.3 Å². The highest BCUT2D eigenvalue weighted by Gasteiger charge is 2.26. The van der Waals surface area contributed by atoms with Crippen molar-refractivity contribution in [1.29, 1.82) is 0 Å². The predicted molar refractivity (Wildman–Crippen MR) is 75.8 cm³/mol. The highest BCUT2D eigenvalue weighted by molar-refractivity contribution is 5.75. The second kappa shape index (κ2) is 7.99. The number of rotatable bonds is 6. The van der Waals surface area contributed by atoms with E-state index in [-0.39, 0.29) is 18.1 Å². The predicted octanol–water partition coefficient (Wildman–Crippen LogP) is 1.39. The van der Waals surface area contributed by atoms with Gasteiger partial charge in [0.15, 0.2) is 0 Å². The molecular formula is C15H22N2O3. The van der Waals surface area contributed by atoms with Crippen molar-refractivity contribution < 1.29 is 14.4 Å². The number of esters is 1. The van der Waals surface area contributed by atoms with E-state index in [1.165, 1.54) is 0 Å². The molecule has 20 heavy (non-hydrogen) atoms. The van der Waals surface area contributed by atoms with Crippen LogP contribution in [0.1, 0.15) is 25.3 Å². The molecule has 110 valence electrons. The van der Waals surface area contributed by atoms with Gasteiger partial charge in [-0.1, -0.05) is 30.3 Å². The molecule has 0 radical (unpaired) electrons. The van der Waals surface area contributed by atoms with Crippen molar-refractivity contribution in [3.05, 3.63) is 35.9 Å². The molecule has 2 rings (SSSR count). The average molecular weight is 278 g/mol. The Bertz CT molecular complexity index is 403. The molecule has 0 amide bonds. The van der Waals surface area contributed by atoms with E-state index in [1.54, 1.807) is 0 Å². The molecule has 1 aromatic carbocycles. The molecule has 2 atom stereocenters. The van der Waals surface area contributed by atoms with Crippen molar-refractivity contribution in [1.82, 2.24) is 10.8 Å². The molecule has 0 spiro atoms. The van der Waals surface area contributed by atoms with E-state index >= 15 is 0 Å². The third-order valence-electron chi connectivity index (χ3n) is 3.32. The van der Waals surface area contributed by atoms with E-state index in [4.69, 9.17) is 9.57 Å². The topological polar surface area (TPSA) is 59.6 Å². The highest BCUT2D eigenvalue weighted by Crippen LogP contribution is 2.10. The van der Waals surface area contributed by atoms with Crippen LogP contribution in [-0.2, 0) is 21.0 Å². The van der Waals surface area contributed by atoms with Crippen molar-refractivity contribution in [2.45, 2.75) is 38.5 Å². The van der Waals surface area contributed by atoms with Crippen molar-refractivity contribution in [3.63, 3.8) is 0 Å². The Kier molecular flexibility index (Phi) is 5.98. The van der Waals surface area contributed by atoms with Gasteiger partial charge in [0.25, 0.3) is 0 Å². The number of piperidine rings is 1. The molecule has 1 saturated heterocycles. The van der Waals surface area contributed by atoms with Gasteiger partial charge in [0.2, 0.25) is 0 Å². The summed E-state index contributed by atoms with van der Waals surface area (Å²) in [5.41, 5.74) is 4.18. The molecule has 0 saturated carbocycles. The van der Waals surface area contributed by atoms with Gasteiger partial charge < -0.3 is 10.1 Å². The molecular weight excluding hydrogens is 256 g/mol. The lowest BCUT2D eigenvalue weighted by Crippen LogP contribution is -2.51. The smallest absolute Gasteiger partial charge is 0.323 e. The summed E-state index contributed by atoms with van der Waals surface area (Å²) >= 11 is 0. The zero-order valence-electron chi connectivity index (χ0n) is 11.8. The van der Waals surface area contributed by atoms with E-state index in [0.717, 1.165) is 18.4 Å². The van der Waals surface area contributed by atoms with Gasteiger partial charge in [-0.2, -0.15) is 5.48 Å². The van der Waals surface area contributed by atoms with Crippen LogP contribution in [0, 0.1) is 0 Å². The SMILES string of the molecule is CCOC(=O)[C@@H]1CCC(NOCc2ccccc2)CN1. The summed E-state index contributed by atoms with van der Waals surface area (Å²) in [5.74, 6) is -0.156. The third kappa shape index (κ3) is 4.59. The zero-order valence-corrected chi connectivity index (χ0v) is 11.8. The summed E-state index contributed by atoms with van der Waals surface area (Å²) in [4.78, 5) is 17.1. The maximum absolute atomic E-state index is 11.6. The molecule has 5 heteroatoms. The Balaban J connectivity index is 1.63. The van der Waals surface area contributed by atoms with Crippen molar-refractivity contribution in [3.8, 4) is 0 Å². The summed E-state index contributed by atoms with van der Waals surface area (Å²) < 4.78 is 5.00. The number of carbonyl (C=O) groups excluding carboxylic acids is 1. The minimum absolute atomic E-state index is 0.156. The van der Waals surface area contributed by atoms with Crippen molar-refractivity contribution in [2.75, 3.05) is 13.2 Å². The van der Waals surface area contributed by atoms with E-state index in [2.05, 4.69) is 10.8 Å². The summed E-state index contributed by atoms with van der Waals surface area (Å²) in [6.07, 6.45) is 1.66. The Hall–Kier alpha value is -1.43. The Labute approximate surface area is 119 Å². The summed E-state index contributed by atoms with van der Waals surface area (Å²) in [6.45, 7) is 3.50. The summed E-state index contributed by atoms with van der Waals surface area (Å²) in [6, 6.07) is 10.1. The van der Waals surface area contributed by atoms with Crippen LogP contribution < -0.4 is 10.8 Å². The molecule has 0 aromatic heterocycles. The maximum Gasteiger partial charge on any atom is 0.323 e. The van der Waals surface area contributed by atoms with E-state index in [9.17, 15) is 4.79 Å². The Morgan fingerprint density at radius 2 is 2.15 bits per heavy atom. The van der Waals surface area contributed by atoms with Crippen LogP contribution in [0.25, 0.3) is 0 Å². The van der Waals surface area contributed by atoms with Gasteiger partial charge in [-0.05, 0) is 25.3 Å². The fourth-order valence-corrected chi connectivity index (χ4v) is 2.22. The quantitative estimate of drug-likeness (QED) is 0.608.